The van der Waals surface area contributed by atoms with Crippen molar-refractivity contribution in [2.45, 2.75) is 90.0 Å². The molecule has 0 unspecified atom stereocenters. The molecule has 0 fully saturated rings. The average molecular weight is 520 g/mol. The summed E-state index contributed by atoms with van der Waals surface area (Å²) in [6, 6.07) is 3.24. The first-order valence-electron chi connectivity index (χ1n) is 11.9. The number of benzene rings is 1. The highest BCUT2D eigenvalue weighted by atomic mass is 32.1. The summed E-state index contributed by atoms with van der Waals surface area (Å²) in [7, 11) is -2.14. The van der Waals surface area contributed by atoms with Crippen LogP contribution in [0.4, 0.5) is 17.6 Å². The summed E-state index contributed by atoms with van der Waals surface area (Å²) in [6.07, 6.45) is -0.325. The van der Waals surface area contributed by atoms with E-state index in [1.165, 1.54) is 23.5 Å². The molecule has 0 aliphatic heterocycles. The Balaban J connectivity index is 1.75. The summed E-state index contributed by atoms with van der Waals surface area (Å²) in [4.78, 5) is 4.31. The van der Waals surface area contributed by atoms with Crippen molar-refractivity contribution in [2.24, 2.45) is 0 Å². The fourth-order valence-electron chi connectivity index (χ4n) is 4.79. The second-order valence-corrected chi connectivity index (χ2v) is 16.0. The van der Waals surface area contributed by atoms with Gasteiger partial charge in [0, 0.05) is 43.1 Å². The van der Waals surface area contributed by atoms with Gasteiger partial charge in [0.25, 0.3) is 0 Å². The van der Waals surface area contributed by atoms with Crippen LogP contribution in [0.5, 0.6) is 0 Å². The second kappa shape index (κ2) is 12.6. The first kappa shape index (κ1) is 28.9. The van der Waals surface area contributed by atoms with Crippen molar-refractivity contribution in [2.75, 3.05) is 13.2 Å². The molecule has 0 amide bonds. The SMILES string of the molecule is CC(C)[Si](OCCC(F)(F)CCCOCc1csc(-c2cc(F)cc(F)c2)n1)(C(C)C)C(C)C. The first-order valence-corrected chi connectivity index (χ1v) is 14.9. The zero-order valence-electron chi connectivity index (χ0n) is 21.0. The highest BCUT2D eigenvalue weighted by molar-refractivity contribution is 7.13. The third-order valence-electron chi connectivity index (χ3n) is 6.27. The molecule has 0 radical (unpaired) electrons. The van der Waals surface area contributed by atoms with Gasteiger partial charge >= 0.3 is 0 Å². The van der Waals surface area contributed by atoms with Crippen LogP contribution in [-0.2, 0) is 15.8 Å². The van der Waals surface area contributed by atoms with E-state index in [-0.39, 0.29) is 39.1 Å². The van der Waals surface area contributed by atoms with Gasteiger partial charge in [0.05, 0.1) is 12.3 Å². The van der Waals surface area contributed by atoms with Gasteiger partial charge in [-0.05, 0) is 35.2 Å². The highest BCUT2D eigenvalue weighted by Gasteiger charge is 2.45. The molecule has 0 N–H and O–H groups in total. The van der Waals surface area contributed by atoms with E-state index in [0.29, 0.717) is 32.9 Å². The first-order chi connectivity index (χ1) is 15.9. The number of hydrogen-bond acceptors (Lipinski definition) is 4. The number of nitrogens with zero attached hydrogens (tertiary/aromatic N) is 1. The molecule has 9 heteroatoms. The van der Waals surface area contributed by atoms with Crippen LogP contribution in [0.25, 0.3) is 10.6 Å². The van der Waals surface area contributed by atoms with Crippen LogP contribution < -0.4 is 0 Å². The minimum atomic E-state index is -2.80. The molecule has 0 bridgehead atoms. The lowest BCUT2D eigenvalue weighted by Gasteiger charge is -2.42. The minimum absolute atomic E-state index is 0.0803. The molecule has 3 nitrogen and oxygen atoms in total. The third-order valence-corrected chi connectivity index (χ3v) is 13.3. The molecule has 1 aromatic carbocycles. The number of thiazole rings is 1. The molecule has 34 heavy (non-hydrogen) atoms. The molecule has 2 rings (SSSR count). The molecule has 192 valence electrons. The van der Waals surface area contributed by atoms with Gasteiger partial charge in [-0.25, -0.2) is 22.5 Å². The fourth-order valence-corrected chi connectivity index (χ4v) is 11.0. The van der Waals surface area contributed by atoms with E-state index in [4.69, 9.17) is 9.16 Å². The molecule has 0 atom stereocenters. The lowest BCUT2D eigenvalue weighted by atomic mass is 10.1. The van der Waals surface area contributed by atoms with Crippen molar-refractivity contribution in [1.29, 1.82) is 0 Å². The number of halogens is 4. The summed E-state index contributed by atoms with van der Waals surface area (Å²) in [5.74, 6) is -4.14. The minimum Gasteiger partial charge on any atom is -0.416 e. The average Bonchev–Trinajstić information content (AvgIpc) is 3.18. The summed E-state index contributed by atoms with van der Waals surface area (Å²) < 4.78 is 67.4. The zero-order chi connectivity index (χ0) is 25.5. The number of hydrogen-bond donors (Lipinski definition) is 0. The van der Waals surface area contributed by atoms with Gasteiger partial charge in [0.1, 0.15) is 16.6 Å². The summed E-state index contributed by atoms with van der Waals surface area (Å²) >= 11 is 1.25. The van der Waals surface area contributed by atoms with Crippen LogP contribution in [0.3, 0.4) is 0 Å². The maximum absolute atomic E-state index is 14.4. The number of ether oxygens (including phenoxy) is 1. The fraction of sp³-hybridized carbons (Fsp3) is 0.640. The van der Waals surface area contributed by atoms with Crippen LogP contribution >= 0.6 is 11.3 Å². The van der Waals surface area contributed by atoms with Crippen molar-refractivity contribution in [3.8, 4) is 10.6 Å². The van der Waals surface area contributed by atoms with Crippen molar-refractivity contribution in [3.63, 3.8) is 0 Å². The molecule has 1 heterocycles. The Labute approximate surface area is 206 Å². The number of rotatable bonds is 14. The van der Waals surface area contributed by atoms with E-state index in [0.717, 1.165) is 6.07 Å². The van der Waals surface area contributed by atoms with Crippen molar-refractivity contribution in [3.05, 3.63) is 40.9 Å². The summed E-state index contributed by atoms with van der Waals surface area (Å²) in [6.45, 7) is 13.3. The summed E-state index contributed by atoms with van der Waals surface area (Å²) in [5, 5.41) is 2.21. The highest BCUT2D eigenvalue weighted by Crippen LogP contribution is 2.42. The van der Waals surface area contributed by atoms with Crippen LogP contribution in [0.1, 0.15) is 66.5 Å². The van der Waals surface area contributed by atoms with Crippen molar-refractivity contribution in [1.82, 2.24) is 4.98 Å². The number of aromatic nitrogens is 1. The smallest absolute Gasteiger partial charge is 0.250 e. The molecule has 0 spiro atoms. The van der Waals surface area contributed by atoms with E-state index in [1.54, 1.807) is 5.38 Å². The Kier molecular flexibility index (Phi) is 10.7. The van der Waals surface area contributed by atoms with Gasteiger partial charge in [-0.3, -0.25) is 0 Å². The standard InChI is InChI=1S/C25H37F4NO2SSi/c1-17(2)34(18(3)4,19(5)6)32-11-9-25(28,29)8-7-10-31-15-23-16-33-24(30-23)20-12-21(26)14-22(27)13-20/h12-14,16-19H,7-11,15H2,1-6H3. The van der Waals surface area contributed by atoms with Gasteiger partial charge in [-0.15, -0.1) is 11.3 Å². The van der Waals surface area contributed by atoms with E-state index < -0.39 is 25.9 Å². The maximum atomic E-state index is 14.4. The molecule has 0 saturated carbocycles. The van der Waals surface area contributed by atoms with Gasteiger partial charge in [0.2, 0.25) is 5.92 Å². The lowest BCUT2D eigenvalue weighted by molar-refractivity contribution is -0.0359. The lowest BCUT2D eigenvalue weighted by Crippen LogP contribution is -2.48. The normalized spacial score (nSPS) is 13.0. The Morgan fingerprint density at radius 2 is 1.50 bits per heavy atom. The maximum Gasteiger partial charge on any atom is 0.250 e. The molecule has 2 aromatic rings. The van der Waals surface area contributed by atoms with Gasteiger partial charge in [-0.1, -0.05) is 41.5 Å². The quantitative estimate of drug-likeness (QED) is 0.142. The van der Waals surface area contributed by atoms with E-state index in [1.807, 2.05) is 0 Å². The topological polar surface area (TPSA) is 31.4 Å². The third kappa shape index (κ3) is 7.86. The predicted molar refractivity (Wildman–Crippen MR) is 133 cm³/mol. The van der Waals surface area contributed by atoms with E-state index in [2.05, 4.69) is 46.5 Å². The monoisotopic (exact) mass is 519 g/mol. The largest absolute Gasteiger partial charge is 0.416 e. The molecule has 0 aliphatic carbocycles. The number of alkyl halides is 2. The predicted octanol–water partition coefficient (Wildman–Crippen LogP) is 8.60. The molecular weight excluding hydrogens is 482 g/mol. The second-order valence-electron chi connectivity index (χ2n) is 9.73. The van der Waals surface area contributed by atoms with Crippen molar-refractivity contribution < 1.29 is 26.7 Å². The Morgan fingerprint density at radius 1 is 0.912 bits per heavy atom. The van der Waals surface area contributed by atoms with Gasteiger partial charge in [-0.2, -0.15) is 0 Å². The molecular formula is C25H37F4NO2SSi. The zero-order valence-corrected chi connectivity index (χ0v) is 22.8. The van der Waals surface area contributed by atoms with Crippen LogP contribution in [-0.4, -0.2) is 32.4 Å². The molecule has 1 aromatic heterocycles. The van der Waals surface area contributed by atoms with Crippen LogP contribution in [0.2, 0.25) is 16.6 Å². The Bertz CT molecular complexity index is 863. The Hall–Kier alpha value is -1.29. The Morgan fingerprint density at radius 3 is 2.06 bits per heavy atom. The van der Waals surface area contributed by atoms with Crippen LogP contribution in [0.15, 0.2) is 23.6 Å². The van der Waals surface area contributed by atoms with Gasteiger partial charge in [0.15, 0.2) is 8.32 Å². The van der Waals surface area contributed by atoms with Crippen molar-refractivity contribution >= 4 is 19.7 Å². The molecule has 0 saturated heterocycles. The van der Waals surface area contributed by atoms with E-state index >= 15 is 0 Å². The molecule has 0 aliphatic rings. The van der Waals surface area contributed by atoms with E-state index in [9.17, 15) is 17.6 Å². The van der Waals surface area contributed by atoms with Crippen LogP contribution in [0, 0.1) is 11.6 Å². The summed E-state index contributed by atoms with van der Waals surface area (Å²) in [5.41, 5.74) is 2.04. The van der Waals surface area contributed by atoms with Gasteiger partial charge < -0.3 is 9.16 Å².